The molecule has 0 fully saturated rings. The number of sulfonamides is 1. The van der Waals surface area contributed by atoms with E-state index >= 15 is 0 Å². The van der Waals surface area contributed by atoms with Crippen molar-refractivity contribution in [2.24, 2.45) is 0 Å². The van der Waals surface area contributed by atoms with Crippen LogP contribution in [0.25, 0.3) is 10.2 Å². The minimum atomic E-state index is -3.82. The Kier molecular flexibility index (Phi) is 6.01. The zero-order valence-corrected chi connectivity index (χ0v) is 18.5. The van der Waals surface area contributed by atoms with E-state index in [1.807, 2.05) is 37.3 Å². The van der Waals surface area contributed by atoms with Crippen molar-refractivity contribution < 1.29 is 13.2 Å². The molecule has 31 heavy (non-hydrogen) atoms. The maximum absolute atomic E-state index is 13.3. The summed E-state index contributed by atoms with van der Waals surface area (Å²) in [6.07, 6.45) is -0.00406. The van der Waals surface area contributed by atoms with Gasteiger partial charge in [-0.2, -0.15) is 0 Å². The summed E-state index contributed by atoms with van der Waals surface area (Å²) in [6, 6.07) is 23.1. The quantitative estimate of drug-likeness (QED) is 0.437. The molecule has 1 amide bonds. The van der Waals surface area contributed by atoms with Crippen molar-refractivity contribution in [1.29, 1.82) is 0 Å². The molecule has 3 aromatic carbocycles. The van der Waals surface area contributed by atoms with Crippen molar-refractivity contribution >= 4 is 48.3 Å². The third-order valence-electron chi connectivity index (χ3n) is 4.74. The van der Waals surface area contributed by atoms with Crippen LogP contribution in [0.2, 0.25) is 0 Å². The van der Waals surface area contributed by atoms with Crippen molar-refractivity contribution in [3.05, 3.63) is 84.4 Å². The molecule has 6 nitrogen and oxygen atoms in total. The van der Waals surface area contributed by atoms with E-state index in [1.54, 1.807) is 48.5 Å². The number of amides is 1. The molecular formula is C23H21N3O3S2. The number of fused-ring (bicyclic) bond motifs is 1. The van der Waals surface area contributed by atoms with Crippen LogP contribution in [0.15, 0.2) is 83.8 Å². The molecule has 0 aliphatic carbocycles. The zero-order chi connectivity index (χ0) is 21.8. The van der Waals surface area contributed by atoms with E-state index in [4.69, 9.17) is 0 Å². The van der Waals surface area contributed by atoms with E-state index in [2.05, 4.69) is 10.3 Å². The Morgan fingerprint density at radius 1 is 0.968 bits per heavy atom. The van der Waals surface area contributed by atoms with Crippen LogP contribution >= 0.6 is 11.3 Å². The van der Waals surface area contributed by atoms with Crippen LogP contribution in [0, 0.1) is 6.92 Å². The number of carbonyl (C=O) groups is 1. The lowest BCUT2D eigenvalue weighted by Crippen LogP contribution is -2.34. The second-order valence-corrected chi connectivity index (χ2v) is 9.90. The highest BCUT2D eigenvalue weighted by Gasteiger charge is 2.25. The molecule has 0 unspecified atom stereocenters. The molecule has 1 aromatic heterocycles. The van der Waals surface area contributed by atoms with Gasteiger partial charge in [-0.1, -0.05) is 59.4 Å². The van der Waals surface area contributed by atoms with Crippen molar-refractivity contribution in [3.63, 3.8) is 0 Å². The summed E-state index contributed by atoms with van der Waals surface area (Å²) in [4.78, 5) is 17.2. The van der Waals surface area contributed by atoms with E-state index < -0.39 is 10.0 Å². The van der Waals surface area contributed by atoms with Gasteiger partial charge < -0.3 is 5.32 Å². The standard InChI is InChI=1S/C23H21N3O3S2/c1-17-11-13-19(14-12-17)31(28,29)26(18-7-3-2-4-8-18)16-15-22(27)25-23-24-20-9-5-6-10-21(20)30-23/h2-14H,15-16H2,1H3,(H,24,25,27). The van der Waals surface area contributed by atoms with Crippen molar-refractivity contribution in [2.45, 2.75) is 18.2 Å². The minimum absolute atomic E-state index is 0.00406. The number of nitrogens with one attached hydrogen (secondary N) is 1. The van der Waals surface area contributed by atoms with Gasteiger partial charge >= 0.3 is 0 Å². The fourth-order valence-electron chi connectivity index (χ4n) is 3.13. The highest BCUT2D eigenvalue weighted by atomic mass is 32.2. The summed E-state index contributed by atoms with van der Waals surface area (Å²) in [5, 5.41) is 3.28. The number of nitrogens with zero attached hydrogens (tertiary/aromatic N) is 2. The summed E-state index contributed by atoms with van der Waals surface area (Å²) < 4.78 is 28.9. The van der Waals surface area contributed by atoms with Crippen LogP contribution in [0.1, 0.15) is 12.0 Å². The summed E-state index contributed by atoms with van der Waals surface area (Å²) in [5.41, 5.74) is 2.30. The van der Waals surface area contributed by atoms with Gasteiger partial charge in [-0.15, -0.1) is 0 Å². The van der Waals surface area contributed by atoms with Crippen molar-refractivity contribution in [1.82, 2.24) is 4.98 Å². The fraction of sp³-hybridized carbons (Fsp3) is 0.130. The average molecular weight is 452 g/mol. The molecule has 0 radical (unpaired) electrons. The van der Waals surface area contributed by atoms with Gasteiger partial charge in [0, 0.05) is 13.0 Å². The third-order valence-corrected chi connectivity index (χ3v) is 7.53. The summed E-state index contributed by atoms with van der Waals surface area (Å²) in [6.45, 7) is 1.91. The molecule has 0 aliphatic heterocycles. The second-order valence-electron chi connectivity index (χ2n) is 7.01. The molecule has 1 heterocycles. The first-order chi connectivity index (χ1) is 14.9. The molecule has 0 spiro atoms. The van der Waals surface area contributed by atoms with Gasteiger partial charge in [0.1, 0.15) is 0 Å². The van der Waals surface area contributed by atoms with E-state index in [1.165, 1.54) is 15.6 Å². The normalized spacial score (nSPS) is 11.4. The van der Waals surface area contributed by atoms with E-state index in [-0.39, 0.29) is 23.8 Å². The zero-order valence-electron chi connectivity index (χ0n) is 16.9. The summed E-state index contributed by atoms with van der Waals surface area (Å²) >= 11 is 1.39. The SMILES string of the molecule is Cc1ccc(S(=O)(=O)N(CCC(=O)Nc2nc3ccccc3s2)c2ccccc2)cc1. The maximum atomic E-state index is 13.3. The Morgan fingerprint density at radius 2 is 1.65 bits per heavy atom. The molecule has 4 aromatic rings. The fourth-order valence-corrected chi connectivity index (χ4v) is 5.48. The predicted octanol–water partition coefficient (Wildman–Crippen LogP) is 4.83. The van der Waals surface area contributed by atoms with Crippen LogP contribution in [0.3, 0.4) is 0 Å². The topological polar surface area (TPSA) is 79.4 Å². The molecule has 0 saturated carbocycles. The summed E-state index contributed by atoms with van der Waals surface area (Å²) in [7, 11) is -3.82. The molecule has 0 bridgehead atoms. The van der Waals surface area contributed by atoms with Gasteiger partial charge in [-0.3, -0.25) is 9.10 Å². The number of rotatable bonds is 7. The monoisotopic (exact) mass is 451 g/mol. The Hall–Kier alpha value is -3.23. The molecule has 0 aliphatic rings. The largest absolute Gasteiger partial charge is 0.302 e. The van der Waals surface area contributed by atoms with E-state index in [0.29, 0.717) is 10.8 Å². The number of anilines is 2. The number of aryl methyl sites for hydroxylation is 1. The van der Waals surface area contributed by atoms with Gasteiger partial charge in [0.15, 0.2) is 5.13 Å². The third kappa shape index (κ3) is 4.76. The average Bonchev–Trinajstić information content (AvgIpc) is 3.17. The molecule has 158 valence electrons. The molecule has 0 atom stereocenters. The second kappa shape index (κ2) is 8.87. The van der Waals surface area contributed by atoms with Gasteiger partial charge in [0.25, 0.3) is 10.0 Å². The van der Waals surface area contributed by atoms with Crippen LogP contribution in [-0.2, 0) is 14.8 Å². The minimum Gasteiger partial charge on any atom is -0.302 e. The first kappa shape index (κ1) is 21.0. The Balaban J connectivity index is 1.53. The van der Waals surface area contributed by atoms with E-state index in [0.717, 1.165) is 15.8 Å². The molecular weight excluding hydrogens is 430 g/mol. The van der Waals surface area contributed by atoms with Crippen LogP contribution in [-0.4, -0.2) is 25.9 Å². The lowest BCUT2D eigenvalue weighted by Gasteiger charge is -2.24. The highest BCUT2D eigenvalue weighted by molar-refractivity contribution is 7.92. The highest BCUT2D eigenvalue weighted by Crippen LogP contribution is 2.26. The number of thiazole rings is 1. The van der Waals surface area contributed by atoms with Crippen LogP contribution < -0.4 is 9.62 Å². The Labute approximate surface area is 185 Å². The molecule has 1 N–H and O–H groups in total. The number of hydrogen-bond donors (Lipinski definition) is 1. The number of aromatic nitrogens is 1. The predicted molar refractivity (Wildman–Crippen MR) is 125 cm³/mol. The molecule has 4 rings (SSSR count). The Morgan fingerprint density at radius 3 is 2.35 bits per heavy atom. The van der Waals surface area contributed by atoms with Gasteiger partial charge in [0.2, 0.25) is 5.91 Å². The number of benzene rings is 3. The number of hydrogen-bond acceptors (Lipinski definition) is 5. The van der Waals surface area contributed by atoms with Crippen molar-refractivity contribution in [2.75, 3.05) is 16.2 Å². The molecule has 0 saturated heterocycles. The van der Waals surface area contributed by atoms with Gasteiger partial charge in [-0.25, -0.2) is 13.4 Å². The summed E-state index contributed by atoms with van der Waals surface area (Å²) in [5.74, 6) is -0.293. The lowest BCUT2D eigenvalue weighted by atomic mass is 10.2. The molecule has 8 heteroatoms. The first-order valence-corrected chi connectivity index (χ1v) is 12.0. The van der Waals surface area contributed by atoms with Gasteiger partial charge in [-0.05, 0) is 43.3 Å². The first-order valence-electron chi connectivity index (χ1n) is 9.73. The van der Waals surface area contributed by atoms with E-state index in [9.17, 15) is 13.2 Å². The van der Waals surface area contributed by atoms with Crippen molar-refractivity contribution in [3.8, 4) is 0 Å². The van der Waals surface area contributed by atoms with Crippen LogP contribution in [0.5, 0.6) is 0 Å². The smallest absolute Gasteiger partial charge is 0.264 e. The number of carbonyl (C=O) groups excluding carboxylic acids is 1. The van der Waals surface area contributed by atoms with Crippen LogP contribution in [0.4, 0.5) is 10.8 Å². The maximum Gasteiger partial charge on any atom is 0.264 e. The lowest BCUT2D eigenvalue weighted by molar-refractivity contribution is -0.116. The van der Waals surface area contributed by atoms with Gasteiger partial charge in [0.05, 0.1) is 20.8 Å². The Bertz CT molecular complexity index is 1270. The number of para-hydroxylation sites is 2.